The van der Waals surface area contributed by atoms with Crippen LogP contribution >= 0.6 is 0 Å². The molecule has 0 saturated carbocycles. The van der Waals surface area contributed by atoms with Crippen LogP contribution in [0.2, 0.25) is 0 Å². The van der Waals surface area contributed by atoms with Crippen molar-refractivity contribution in [2.24, 2.45) is 0 Å². The fourth-order valence-electron chi connectivity index (χ4n) is 4.65. The predicted octanol–water partition coefficient (Wildman–Crippen LogP) is 4.65. The van der Waals surface area contributed by atoms with Gasteiger partial charge in [0, 0.05) is 12.1 Å². The Kier molecular flexibility index (Phi) is 9.97. The standard InChI is InChI=1S/C29H38N2O6/c1-6-30(7-2)16-11-17-31-26(20-14-15-23(37-9-4)24(19-20)35-5)25(28(33)29(31)34)27(32)21-12-10-13-22(18-21)36-8-3/h10,12-15,18-19,26,32H,6-9,11,16-17H2,1-5H3. The van der Waals surface area contributed by atoms with Gasteiger partial charge in [-0.05, 0) is 69.7 Å². The number of aliphatic hydroxyl groups excluding tert-OH is 1. The zero-order valence-electron chi connectivity index (χ0n) is 22.5. The van der Waals surface area contributed by atoms with E-state index in [0.29, 0.717) is 54.6 Å². The molecule has 0 bridgehead atoms. The van der Waals surface area contributed by atoms with Crippen molar-refractivity contribution in [2.75, 3.05) is 46.5 Å². The summed E-state index contributed by atoms with van der Waals surface area (Å²) in [6, 6.07) is 11.5. The number of amides is 1. The smallest absolute Gasteiger partial charge is 0.295 e. The van der Waals surface area contributed by atoms with Crippen LogP contribution in [0.5, 0.6) is 17.2 Å². The van der Waals surface area contributed by atoms with Crippen molar-refractivity contribution < 1.29 is 28.9 Å². The molecule has 1 N–H and O–H groups in total. The molecule has 2 aromatic rings. The topological polar surface area (TPSA) is 88.5 Å². The third-order valence-corrected chi connectivity index (χ3v) is 6.53. The average molecular weight is 511 g/mol. The highest BCUT2D eigenvalue weighted by atomic mass is 16.5. The average Bonchev–Trinajstić information content (AvgIpc) is 3.16. The van der Waals surface area contributed by atoms with Crippen molar-refractivity contribution in [3.63, 3.8) is 0 Å². The summed E-state index contributed by atoms with van der Waals surface area (Å²) in [6.07, 6.45) is 0.694. The Morgan fingerprint density at radius 1 is 0.973 bits per heavy atom. The lowest BCUT2D eigenvalue weighted by molar-refractivity contribution is -0.140. The summed E-state index contributed by atoms with van der Waals surface area (Å²) in [6.45, 7) is 11.9. The molecule has 3 rings (SSSR count). The van der Waals surface area contributed by atoms with E-state index in [9.17, 15) is 14.7 Å². The number of hydrogen-bond acceptors (Lipinski definition) is 7. The highest BCUT2D eigenvalue weighted by molar-refractivity contribution is 6.46. The minimum absolute atomic E-state index is 0.0488. The third kappa shape index (κ3) is 6.25. The Bertz CT molecular complexity index is 1130. The van der Waals surface area contributed by atoms with Gasteiger partial charge in [-0.15, -0.1) is 0 Å². The van der Waals surface area contributed by atoms with Crippen LogP contribution in [0.4, 0.5) is 0 Å². The second kappa shape index (κ2) is 13.1. The molecule has 1 saturated heterocycles. The zero-order chi connectivity index (χ0) is 26.9. The fraction of sp³-hybridized carbons (Fsp3) is 0.448. The number of nitrogens with zero attached hydrogens (tertiary/aromatic N) is 2. The number of aliphatic hydroxyl groups is 1. The van der Waals surface area contributed by atoms with Gasteiger partial charge in [0.05, 0.1) is 31.9 Å². The van der Waals surface area contributed by atoms with E-state index in [1.165, 1.54) is 0 Å². The second-order valence-electron chi connectivity index (χ2n) is 8.68. The van der Waals surface area contributed by atoms with E-state index in [1.54, 1.807) is 48.4 Å². The van der Waals surface area contributed by atoms with Crippen LogP contribution in [0.3, 0.4) is 0 Å². The first-order valence-electron chi connectivity index (χ1n) is 12.9. The van der Waals surface area contributed by atoms with Crippen molar-refractivity contribution in [1.82, 2.24) is 9.80 Å². The lowest BCUT2D eigenvalue weighted by Crippen LogP contribution is -2.33. The van der Waals surface area contributed by atoms with E-state index >= 15 is 0 Å². The number of hydrogen-bond donors (Lipinski definition) is 1. The quantitative estimate of drug-likeness (QED) is 0.238. The molecule has 1 fully saturated rings. The van der Waals surface area contributed by atoms with Gasteiger partial charge >= 0.3 is 0 Å². The minimum Gasteiger partial charge on any atom is -0.507 e. The van der Waals surface area contributed by atoms with Crippen LogP contribution < -0.4 is 14.2 Å². The van der Waals surface area contributed by atoms with Crippen molar-refractivity contribution in [3.05, 3.63) is 59.2 Å². The molecule has 1 aliphatic heterocycles. The van der Waals surface area contributed by atoms with Crippen molar-refractivity contribution in [3.8, 4) is 17.2 Å². The van der Waals surface area contributed by atoms with Crippen LogP contribution in [0.1, 0.15) is 51.3 Å². The van der Waals surface area contributed by atoms with Crippen LogP contribution in [0.15, 0.2) is 48.0 Å². The number of ketones is 1. The molecule has 1 heterocycles. The molecule has 8 heteroatoms. The van der Waals surface area contributed by atoms with Crippen LogP contribution in [0, 0.1) is 0 Å². The summed E-state index contributed by atoms with van der Waals surface area (Å²) in [5.74, 6) is 0.0614. The predicted molar refractivity (Wildman–Crippen MR) is 143 cm³/mol. The molecule has 200 valence electrons. The number of carbonyl (C=O) groups is 2. The summed E-state index contributed by atoms with van der Waals surface area (Å²) >= 11 is 0. The molecule has 1 amide bonds. The number of likely N-dealkylation sites (tertiary alicyclic amines) is 1. The first-order valence-corrected chi connectivity index (χ1v) is 12.9. The molecule has 1 atom stereocenters. The Hall–Kier alpha value is -3.52. The van der Waals surface area contributed by atoms with Crippen molar-refractivity contribution in [2.45, 2.75) is 40.2 Å². The molecule has 0 aromatic heterocycles. The summed E-state index contributed by atoms with van der Waals surface area (Å²) in [4.78, 5) is 30.5. The fourth-order valence-corrected chi connectivity index (χ4v) is 4.65. The molecule has 1 aliphatic rings. The van der Waals surface area contributed by atoms with E-state index in [2.05, 4.69) is 18.7 Å². The lowest BCUT2D eigenvalue weighted by atomic mass is 9.95. The molecule has 0 aliphatic carbocycles. The molecule has 2 aromatic carbocycles. The van der Waals surface area contributed by atoms with Gasteiger partial charge in [0.25, 0.3) is 11.7 Å². The summed E-state index contributed by atoms with van der Waals surface area (Å²) in [5, 5.41) is 11.4. The SMILES string of the molecule is CCOc1cccc(C(O)=C2C(=O)C(=O)N(CCCN(CC)CC)C2c2ccc(OCC)c(OC)c2)c1. The normalized spacial score (nSPS) is 16.9. The number of Topliss-reactive ketones (excluding diaryl/α,β-unsaturated/α-hetero) is 1. The molecule has 0 spiro atoms. The monoisotopic (exact) mass is 510 g/mol. The van der Waals surface area contributed by atoms with E-state index in [-0.39, 0.29) is 11.3 Å². The molecule has 8 nitrogen and oxygen atoms in total. The van der Waals surface area contributed by atoms with Gasteiger partial charge in [0.2, 0.25) is 0 Å². The van der Waals surface area contributed by atoms with E-state index in [1.807, 2.05) is 19.9 Å². The maximum Gasteiger partial charge on any atom is 0.295 e. The first kappa shape index (κ1) is 28.1. The van der Waals surface area contributed by atoms with Crippen molar-refractivity contribution in [1.29, 1.82) is 0 Å². The van der Waals surface area contributed by atoms with Gasteiger partial charge in [0.1, 0.15) is 11.5 Å². The Balaban J connectivity index is 2.10. The van der Waals surface area contributed by atoms with Gasteiger partial charge in [-0.25, -0.2) is 0 Å². The highest BCUT2D eigenvalue weighted by Crippen LogP contribution is 2.42. The van der Waals surface area contributed by atoms with Crippen LogP contribution in [-0.4, -0.2) is 73.1 Å². The second-order valence-corrected chi connectivity index (χ2v) is 8.68. The van der Waals surface area contributed by atoms with Gasteiger partial charge < -0.3 is 29.1 Å². The number of rotatable bonds is 13. The number of benzene rings is 2. The van der Waals surface area contributed by atoms with Crippen LogP contribution in [0.25, 0.3) is 5.76 Å². The van der Waals surface area contributed by atoms with Gasteiger partial charge in [-0.2, -0.15) is 0 Å². The minimum atomic E-state index is -0.767. The van der Waals surface area contributed by atoms with Gasteiger partial charge in [-0.1, -0.05) is 32.0 Å². The number of ether oxygens (including phenoxy) is 3. The van der Waals surface area contributed by atoms with E-state index in [4.69, 9.17) is 14.2 Å². The maximum absolute atomic E-state index is 13.4. The van der Waals surface area contributed by atoms with Gasteiger partial charge in [0.15, 0.2) is 11.5 Å². The Morgan fingerprint density at radius 3 is 2.35 bits per heavy atom. The Labute approximate surface area is 219 Å². The summed E-state index contributed by atoms with van der Waals surface area (Å²) in [7, 11) is 1.54. The molecule has 37 heavy (non-hydrogen) atoms. The first-order chi connectivity index (χ1) is 17.9. The Morgan fingerprint density at radius 2 is 1.70 bits per heavy atom. The third-order valence-electron chi connectivity index (χ3n) is 6.53. The highest BCUT2D eigenvalue weighted by Gasteiger charge is 2.46. The molecule has 0 radical (unpaired) electrons. The summed E-state index contributed by atoms with van der Waals surface area (Å²) in [5.41, 5.74) is 1.12. The largest absolute Gasteiger partial charge is 0.507 e. The molecule has 1 unspecified atom stereocenters. The number of methoxy groups -OCH3 is 1. The van der Waals surface area contributed by atoms with E-state index in [0.717, 1.165) is 19.6 Å². The van der Waals surface area contributed by atoms with Gasteiger partial charge in [-0.3, -0.25) is 9.59 Å². The van der Waals surface area contributed by atoms with Crippen LogP contribution in [-0.2, 0) is 9.59 Å². The maximum atomic E-state index is 13.4. The number of carbonyl (C=O) groups excluding carboxylic acids is 2. The van der Waals surface area contributed by atoms with Crippen molar-refractivity contribution >= 4 is 17.4 Å². The molecular formula is C29H38N2O6. The molecular weight excluding hydrogens is 472 g/mol. The zero-order valence-corrected chi connectivity index (χ0v) is 22.5. The van der Waals surface area contributed by atoms with E-state index < -0.39 is 17.7 Å². The lowest BCUT2D eigenvalue weighted by Gasteiger charge is -2.27. The summed E-state index contributed by atoms with van der Waals surface area (Å²) < 4.78 is 16.8.